The molecule has 0 radical (unpaired) electrons. The summed E-state index contributed by atoms with van der Waals surface area (Å²) in [5.74, 6) is -1.67. The molecule has 2 aromatic rings. The van der Waals surface area contributed by atoms with E-state index in [0.29, 0.717) is 5.56 Å². The van der Waals surface area contributed by atoms with Crippen LogP contribution in [0.2, 0.25) is 0 Å². The molecule has 3 aliphatic rings. The summed E-state index contributed by atoms with van der Waals surface area (Å²) in [7, 11) is 1.43. The zero-order valence-corrected chi connectivity index (χ0v) is 23.9. The molecule has 12 nitrogen and oxygen atoms in total. The maximum atomic E-state index is 13.2. The van der Waals surface area contributed by atoms with E-state index in [4.69, 9.17) is 42.6 Å². The summed E-state index contributed by atoms with van der Waals surface area (Å²) in [4.78, 5) is 36.4. The molecular formula is C31H34O12. The Hall–Kier alpha value is -3.65. The molecule has 0 spiro atoms. The molecule has 43 heavy (non-hydrogen) atoms. The van der Waals surface area contributed by atoms with Crippen molar-refractivity contribution in [2.45, 2.75) is 69.3 Å². The topological polar surface area (TPSA) is 134 Å². The third kappa shape index (κ3) is 7.66. The van der Waals surface area contributed by atoms with Crippen LogP contribution in [0.15, 0.2) is 72.8 Å². The molecule has 9 atom stereocenters. The number of hydrogen-bond acceptors (Lipinski definition) is 12. The molecule has 0 saturated carbocycles. The maximum absolute atomic E-state index is 13.2. The third-order valence-corrected chi connectivity index (χ3v) is 7.02. The number of esters is 3. The zero-order valence-electron chi connectivity index (χ0n) is 23.9. The van der Waals surface area contributed by atoms with Gasteiger partial charge in [0, 0.05) is 26.5 Å². The van der Waals surface area contributed by atoms with E-state index < -0.39 is 73.4 Å². The molecular weight excluding hydrogens is 564 g/mol. The van der Waals surface area contributed by atoms with Crippen molar-refractivity contribution in [1.29, 1.82) is 0 Å². The third-order valence-electron chi connectivity index (χ3n) is 7.02. The minimum absolute atomic E-state index is 0.147. The molecule has 0 unspecified atom stereocenters. The largest absolute Gasteiger partial charge is 0.463 e. The SMILES string of the molecule is CO[C@H]1O[C@@H]2CO[C@@H](c3ccccc3)O[C@H]2[C@H](O[C@@H]2C=C[C@H](OC(C)=O)[C@@H](COC(C)=O)O2)[C@H]1OC(=O)c1ccccc1. The zero-order chi connectivity index (χ0) is 30.3. The van der Waals surface area contributed by atoms with Crippen LogP contribution in [-0.2, 0) is 52.2 Å². The molecule has 0 aromatic heterocycles. The Bertz CT molecular complexity index is 1270. The Morgan fingerprint density at radius 1 is 0.837 bits per heavy atom. The average Bonchev–Trinajstić information content (AvgIpc) is 3.02. The number of benzene rings is 2. The summed E-state index contributed by atoms with van der Waals surface area (Å²) in [5.41, 5.74) is 1.11. The van der Waals surface area contributed by atoms with Crippen LogP contribution in [0.5, 0.6) is 0 Å². The van der Waals surface area contributed by atoms with Gasteiger partial charge in [0.15, 0.2) is 25.0 Å². The number of fused-ring (bicyclic) bond motifs is 1. The molecule has 230 valence electrons. The van der Waals surface area contributed by atoms with Crippen molar-refractivity contribution in [3.05, 3.63) is 83.9 Å². The van der Waals surface area contributed by atoms with Gasteiger partial charge in [-0.15, -0.1) is 0 Å². The van der Waals surface area contributed by atoms with Crippen LogP contribution in [0.3, 0.4) is 0 Å². The van der Waals surface area contributed by atoms with Crippen molar-refractivity contribution in [2.75, 3.05) is 20.3 Å². The number of hydrogen-bond donors (Lipinski definition) is 0. The van der Waals surface area contributed by atoms with Crippen LogP contribution in [0, 0.1) is 0 Å². The summed E-state index contributed by atoms with van der Waals surface area (Å²) < 4.78 is 53.0. The molecule has 3 heterocycles. The maximum Gasteiger partial charge on any atom is 0.338 e. The van der Waals surface area contributed by atoms with Crippen LogP contribution in [-0.4, -0.2) is 87.4 Å². The quantitative estimate of drug-likeness (QED) is 0.239. The van der Waals surface area contributed by atoms with Gasteiger partial charge in [-0.1, -0.05) is 48.5 Å². The fraction of sp³-hybridized carbons (Fsp3) is 0.452. The second-order valence-electron chi connectivity index (χ2n) is 10.1. The Morgan fingerprint density at radius 3 is 2.23 bits per heavy atom. The van der Waals surface area contributed by atoms with E-state index in [1.807, 2.05) is 30.3 Å². The summed E-state index contributed by atoms with van der Waals surface area (Å²) in [5, 5.41) is 0. The molecule has 0 aliphatic carbocycles. The van der Waals surface area contributed by atoms with E-state index in [-0.39, 0.29) is 13.2 Å². The molecule has 2 fully saturated rings. The van der Waals surface area contributed by atoms with Gasteiger partial charge in [0.2, 0.25) is 0 Å². The van der Waals surface area contributed by atoms with Gasteiger partial charge in [-0.25, -0.2) is 4.79 Å². The highest BCUT2D eigenvalue weighted by Crippen LogP contribution is 2.38. The fourth-order valence-corrected chi connectivity index (χ4v) is 5.05. The molecule has 2 saturated heterocycles. The van der Waals surface area contributed by atoms with Crippen molar-refractivity contribution < 1.29 is 57.0 Å². The highest BCUT2D eigenvalue weighted by Gasteiger charge is 2.54. The second-order valence-corrected chi connectivity index (χ2v) is 10.1. The Labute approximate surface area is 248 Å². The molecule has 0 N–H and O–H groups in total. The van der Waals surface area contributed by atoms with E-state index in [9.17, 15) is 14.4 Å². The number of methoxy groups -OCH3 is 1. The van der Waals surface area contributed by atoms with Gasteiger partial charge in [0.1, 0.15) is 37.1 Å². The van der Waals surface area contributed by atoms with E-state index in [1.165, 1.54) is 21.0 Å². The van der Waals surface area contributed by atoms with Gasteiger partial charge in [-0.05, 0) is 24.3 Å². The van der Waals surface area contributed by atoms with E-state index in [1.54, 1.807) is 42.5 Å². The Kier molecular flexibility index (Phi) is 10.2. The van der Waals surface area contributed by atoms with Gasteiger partial charge >= 0.3 is 17.9 Å². The predicted octanol–water partition coefficient (Wildman–Crippen LogP) is 2.86. The standard InChI is InChI=1S/C31H34O12/c1-18(32)36-16-23-22(38-19(2)33)14-15-25(39-23)41-27-26-24(17-37-30(43-26)21-12-8-5-9-13-21)40-31(35-3)28(27)42-29(34)20-10-6-4-7-11-20/h4-15,22-28,30-31H,16-17H2,1-3H3/t22-,23+,24+,25+,26+,27-,28+,30+,31-/m0/s1. The molecule has 2 aromatic carbocycles. The van der Waals surface area contributed by atoms with Crippen molar-refractivity contribution >= 4 is 17.9 Å². The number of carbonyl (C=O) groups is 3. The first-order valence-electron chi connectivity index (χ1n) is 13.9. The molecule has 0 bridgehead atoms. The lowest BCUT2D eigenvalue weighted by atomic mass is 9.97. The van der Waals surface area contributed by atoms with Crippen molar-refractivity contribution in [3.8, 4) is 0 Å². The summed E-state index contributed by atoms with van der Waals surface area (Å²) in [6, 6.07) is 17.9. The lowest BCUT2D eigenvalue weighted by Gasteiger charge is -2.49. The number of rotatable bonds is 9. The molecule has 0 amide bonds. The molecule has 12 heteroatoms. The predicted molar refractivity (Wildman–Crippen MR) is 146 cm³/mol. The van der Waals surface area contributed by atoms with E-state index >= 15 is 0 Å². The summed E-state index contributed by atoms with van der Waals surface area (Å²) in [6.45, 7) is 2.49. The van der Waals surface area contributed by atoms with Gasteiger partial charge in [-0.2, -0.15) is 0 Å². The fourth-order valence-electron chi connectivity index (χ4n) is 5.05. The Morgan fingerprint density at radius 2 is 1.56 bits per heavy atom. The van der Waals surface area contributed by atoms with Crippen LogP contribution in [0.1, 0.15) is 36.1 Å². The minimum Gasteiger partial charge on any atom is -0.463 e. The lowest BCUT2D eigenvalue weighted by Crippen LogP contribution is -2.64. The van der Waals surface area contributed by atoms with Crippen LogP contribution in [0.4, 0.5) is 0 Å². The average molecular weight is 599 g/mol. The second kappa shape index (κ2) is 14.2. The summed E-state index contributed by atoms with van der Waals surface area (Å²) >= 11 is 0. The molecule has 3 aliphatic heterocycles. The van der Waals surface area contributed by atoms with Gasteiger partial charge < -0.3 is 42.6 Å². The minimum atomic E-state index is -1.09. The van der Waals surface area contributed by atoms with Gasteiger partial charge in [0.25, 0.3) is 0 Å². The highest BCUT2D eigenvalue weighted by atomic mass is 16.8. The van der Waals surface area contributed by atoms with Gasteiger partial charge in [0.05, 0.1) is 12.2 Å². The van der Waals surface area contributed by atoms with Crippen molar-refractivity contribution in [2.24, 2.45) is 0 Å². The van der Waals surface area contributed by atoms with E-state index in [2.05, 4.69) is 0 Å². The normalized spacial score (nSPS) is 31.8. The van der Waals surface area contributed by atoms with Crippen LogP contribution < -0.4 is 0 Å². The monoisotopic (exact) mass is 598 g/mol. The van der Waals surface area contributed by atoms with Gasteiger partial charge in [-0.3, -0.25) is 9.59 Å². The molecule has 5 rings (SSSR count). The smallest absolute Gasteiger partial charge is 0.338 e. The van der Waals surface area contributed by atoms with E-state index in [0.717, 1.165) is 5.56 Å². The Balaban J connectivity index is 1.43. The first-order valence-corrected chi connectivity index (χ1v) is 13.9. The lowest BCUT2D eigenvalue weighted by molar-refractivity contribution is -0.373. The first kappa shape index (κ1) is 30.8. The highest BCUT2D eigenvalue weighted by molar-refractivity contribution is 5.89. The first-order chi connectivity index (χ1) is 20.8. The number of carbonyl (C=O) groups excluding carboxylic acids is 3. The van der Waals surface area contributed by atoms with Crippen LogP contribution >= 0.6 is 0 Å². The summed E-state index contributed by atoms with van der Waals surface area (Å²) in [6.07, 6.45) is -4.82. The van der Waals surface area contributed by atoms with Crippen molar-refractivity contribution in [3.63, 3.8) is 0 Å². The number of ether oxygens (including phenoxy) is 9. The van der Waals surface area contributed by atoms with Crippen molar-refractivity contribution in [1.82, 2.24) is 0 Å². The van der Waals surface area contributed by atoms with Crippen LogP contribution in [0.25, 0.3) is 0 Å².